The van der Waals surface area contributed by atoms with Crippen LogP contribution in [-0.4, -0.2) is 11.3 Å². The lowest BCUT2D eigenvalue weighted by atomic mass is 10.1. The van der Waals surface area contributed by atoms with E-state index in [1.54, 1.807) is 0 Å². The Kier molecular flexibility index (Phi) is 5.35. The van der Waals surface area contributed by atoms with E-state index < -0.39 is 5.51 Å². The van der Waals surface area contributed by atoms with Crippen LogP contribution in [0.5, 0.6) is 0 Å². The minimum Gasteiger partial charge on any atom is -0.160 e. The molecule has 0 fully saturated rings. The van der Waals surface area contributed by atoms with Crippen LogP contribution in [0.1, 0.15) is 6.92 Å². The molecule has 17 heavy (non-hydrogen) atoms. The van der Waals surface area contributed by atoms with Gasteiger partial charge in [0.05, 0.1) is 0 Å². The van der Waals surface area contributed by atoms with Crippen LogP contribution < -0.4 is 0 Å². The van der Waals surface area contributed by atoms with Crippen LogP contribution in [0.25, 0.3) is 10.8 Å². The Morgan fingerprint density at radius 1 is 0.882 bits per heavy atom. The molecule has 0 unspecified atom stereocenters. The van der Waals surface area contributed by atoms with E-state index >= 15 is 0 Å². The highest BCUT2D eigenvalue weighted by Gasteiger charge is 2.26. The molecule has 2 aromatic rings. The van der Waals surface area contributed by atoms with Crippen LogP contribution >= 0.6 is 11.8 Å². The maximum absolute atomic E-state index is 11.0. The van der Waals surface area contributed by atoms with Gasteiger partial charge in [0, 0.05) is 0 Å². The predicted octanol–water partition coefficient (Wildman–Crippen LogP) is 5.10. The monoisotopic (exact) mass is 258 g/mol. The molecule has 2 aromatic carbocycles. The van der Waals surface area contributed by atoms with Crippen LogP contribution in [-0.2, 0) is 0 Å². The SMILES string of the molecule is CCSC(F)(F)F.c1ccc2ccccc2c1. The van der Waals surface area contributed by atoms with E-state index in [2.05, 4.69) is 48.5 Å². The second-order valence-corrected chi connectivity index (χ2v) is 4.55. The first-order valence-corrected chi connectivity index (χ1v) is 6.16. The summed E-state index contributed by atoms with van der Waals surface area (Å²) in [5, 5.41) is 2.62. The summed E-state index contributed by atoms with van der Waals surface area (Å²) in [5.41, 5.74) is -4.03. The van der Waals surface area contributed by atoms with Gasteiger partial charge in [-0.05, 0) is 16.5 Å². The van der Waals surface area contributed by atoms with Gasteiger partial charge in [-0.3, -0.25) is 0 Å². The molecule has 4 heteroatoms. The largest absolute Gasteiger partial charge is 0.441 e. The van der Waals surface area contributed by atoms with Crippen molar-refractivity contribution >= 4 is 22.5 Å². The molecule has 0 N–H and O–H groups in total. The van der Waals surface area contributed by atoms with Gasteiger partial charge in [-0.15, -0.1) is 0 Å². The Morgan fingerprint density at radius 3 is 1.41 bits per heavy atom. The van der Waals surface area contributed by atoms with Crippen LogP contribution in [0.15, 0.2) is 48.5 Å². The first-order valence-electron chi connectivity index (χ1n) is 5.17. The van der Waals surface area contributed by atoms with E-state index in [-0.39, 0.29) is 17.5 Å². The number of alkyl halides is 3. The number of benzene rings is 2. The third kappa shape index (κ3) is 5.63. The van der Waals surface area contributed by atoms with Crippen molar-refractivity contribution in [1.82, 2.24) is 0 Å². The topological polar surface area (TPSA) is 0 Å². The normalized spacial score (nSPS) is 10.8. The van der Waals surface area contributed by atoms with Gasteiger partial charge in [-0.25, -0.2) is 0 Å². The summed E-state index contributed by atoms with van der Waals surface area (Å²) in [7, 11) is 0. The Hall–Kier alpha value is -1.16. The van der Waals surface area contributed by atoms with Gasteiger partial charge in [-0.1, -0.05) is 67.2 Å². The summed E-state index contributed by atoms with van der Waals surface area (Å²) >= 11 is -0.0116. The Labute approximate surface area is 103 Å². The Bertz CT molecular complexity index is 386. The molecule has 0 heterocycles. The number of fused-ring (bicyclic) bond motifs is 1. The first-order chi connectivity index (χ1) is 8.03. The highest BCUT2D eigenvalue weighted by atomic mass is 32.2. The summed E-state index contributed by atoms with van der Waals surface area (Å²) in [4.78, 5) is 0. The molecule has 0 aliphatic carbocycles. The van der Waals surface area contributed by atoms with Crippen molar-refractivity contribution in [1.29, 1.82) is 0 Å². The van der Waals surface area contributed by atoms with E-state index in [9.17, 15) is 13.2 Å². The minimum atomic E-state index is -4.03. The highest BCUT2D eigenvalue weighted by Crippen LogP contribution is 2.29. The molecule has 0 amide bonds. The van der Waals surface area contributed by atoms with Gasteiger partial charge in [0.2, 0.25) is 0 Å². The van der Waals surface area contributed by atoms with Crippen molar-refractivity contribution < 1.29 is 13.2 Å². The van der Waals surface area contributed by atoms with Crippen molar-refractivity contribution in [3.05, 3.63) is 48.5 Å². The van der Waals surface area contributed by atoms with E-state index in [0.29, 0.717) is 0 Å². The molecular weight excluding hydrogens is 245 g/mol. The number of hydrogen-bond donors (Lipinski definition) is 0. The van der Waals surface area contributed by atoms with Crippen molar-refractivity contribution in [3.8, 4) is 0 Å². The number of thioether (sulfide) groups is 1. The van der Waals surface area contributed by atoms with Gasteiger partial charge in [0.1, 0.15) is 0 Å². The summed E-state index contributed by atoms with van der Waals surface area (Å²) < 4.78 is 33.1. The number of halogens is 3. The van der Waals surface area contributed by atoms with Crippen molar-refractivity contribution in [2.24, 2.45) is 0 Å². The number of rotatable bonds is 1. The molecule has 0 radical (unpaired) electrons. The fourth-order valence-corrected chi connectivity index (χ4v) is 1.62. The number of hydrogen-bond acceptors (Lipinski definition) is 1. The molecule has 0 atom stereocenters. The second kappa shape index (κ2) is 6.55. The lowest BCUT2D eigenvalue weighted by molar-refractivity contribution is -0.0326. The third-order valence-electron chi connectivity index (χ3n) is 1.97. The van der Waals surface area contributed by atoms with E-state index in [0.717, 1.165) is 0 Å². The molecule has 0 aliphatic rings. The molecule has 92 valence electrons. The standard InChI is InChI=1S/C10H8.C3H5F3S/c1-2-6-10-8-4-3-7-9(10)5-1;1-2-7-3(4,5)6/h1-8H;2H2,1H3. The zero-order chi connectivity index (χ0) is 12.7. The molecule has 0 saturated carbocycles. The molecule has 0 aromatic heterocycles. The zero-order valence-corrected chi connectivity index (χ0v) is 10.2. The summed E-state index contributed by atoms with van der Waals surface area (Å²) in [6, 6.07) is 16.7. The third-order valence-corrected chi connectivity index (χ3v) is 2.58. The molecule has 0 spiro atoms. The minimum absolute atomic E-state index is 0.0116. The first kappa shape index (κ1) is 13.9. The van der Waals surface area contributed by atoms with Gasteiger partial charge in [-0.2, -0.15) is 13.2 Å². The highest BCUT2D eigenvalue weighted by molar-refractivity contribution is 8.00. The van der Waals surface area contributed by atoms with Crippen LogP contribution in [0.2, 0.25) is 0 Å². The fraction of sp³-hybridized carbons (Fsp3) is 0.231. The van der Waals surface area contributed by atoms with Crippen LogP contribution in [0.3, 0.4) is 0 Å². The lowest BCUT2D eigenvalue weighted by Crippen LogP contribution is -1.98. The van der Waals surface area contributed by atoms with Crippen molar-refractivity contribution in [2.75, 3.05) is 5.75 Å². The van der Waals surface area contributed by atoms with Crippen LogP contribution in [0, 0.1) is 0 Å². The maximum atomic E-state index is 11.0. The summed E-state index contributed by atoms with van der Waals surface area (Å²) in [5.74, 6) is 0.101. The van der Waals surface area contributed by atoms with Crippen molar-refractivity contribution in [3.63, 3.8) is 0 Å². The zero-order valence-electron chi connectivity index (χ0n) is 9.37. The van der Waals surface area contributed by atoms with Crippen molar-refractivity contribution in [2.45, 2.75) is 12.4 Å². The summed E-state index contributed by atoms with van der Waals surface area (Å²) in [6.45, 7) is 1.47. The Morgan fingerprint density at radius 2 is 1.24 bits per heavy atom. The van der Waals surface area contributed by atoms with Gasteiger partial charge < -0.3 is 0 Å². The maximum Gasteiger partial charge on any atom is 0.441 e. The van der Waals surface area contributed by atoms with E-state index in [1.807, 2.05) is 0 Å². The van der Waals surface area contributed by atoms with E-state index in [1.165, 1.54) is 17.7 Å². The predicted molar refractivity (Wildman–Crippen MR) is 68.1 cm³/mol. The molecule has 2 rings (SSSR count). The molecule has 0 saturated heterocycles. The smallest absolute Gasteiger partial charge is 0.160 e. The Balaban J connectivity index is 0.000000185. The van der Waals surface area contributed by atoms with Gasteiger partial charge in [0.15, 0.2) is 0 Å². The van der Waals surface area contributed by atoms with E-state index in [4.69, 9.17) is 0 Å². The van der Waals surface area contributed by atoms with Gasteiger partial charge in [0.25, 0.3) is 0 Å². The van der Waals surface area contributed by atoms with Crippen LogP contribution in [0.4, 0.5) is 13.2 Å². The quantitative estimate of drug-likeness (QED) is 0.685. The molecule has 0 aliphatic heterocycles. The molecule has 0 bridgehead atoms. The lowest BCUT2D eigenvalue weighted by Gasteiger charge is -1.99. The fourth-order valence-electron chi connectivity index (χ4n) is 1.30. The molecule has 0 nitrogen and oxygen atoms in total. The second-order valence-electron chi connectivity index (χ2n) is 3.23. The molecular formula is C13H13F3S. The summed E-state index contributed by atoms with van der Waals surface area (Å²) in [6.07, 6.45) is 0. The average molecular weight is 258 g/mol. The van der Waals surface area contributed by atoms with Gasteiger partial charge >= 0.3 is 5.51 Å². The average Bonchev–Trinajstić information content (AvgIpc) is 2.28.